The first-order valence-corrected chi connectivity index (χ1v) is 7.45. The van der Waals surface area contributed by atoms with E-state index in [1.165, 1.54) is 0 Å². The van der Waals surface area contributed by atoms with Gasteiger partial charge in [-0.1, -0.05) is 6.07 Å². The number of fused-ring (bicyclic) bond motifs is 1. The number of methoxy groups -OCH3 is 2. The van der Waals surface area contributed by atoms with Crippen molar-refractivity contribution in [2.75, 3.05) is 20.8 Å². The lowest BCUT2D eigenvalue weighted by Crippen LogP contribution is -2.34. The molecule has 0 fully saturated rings. The molecule has 3 rings (SSSR count). The van der Waals surface area contributed by atoms with Crippen LogP contribution in [-0.2, 0) is 6.42 Å². The predicted octanol–water partition coefficient (Wildman–Crippen LogP) is 2.44. The highest BCUT2D eigenvalue weighted by Gasteiger charge is 2.23. The van der Waals surface area contributed by atoms with E-state index >= 15 is 0 Å². The zero-order chi connectivity index (χ0) is 16.2. The first-order chi connectivity index (χ1) is 11.2. The Labute approximate surface area is 135 Å². The number of nitrogens with one attached hydrogen (secondary N) is 1. The smallest absolute Gasteiger partial charge is 0.251 e. The molecule has 120 valence electrons. The van der Waals surface area contributed by atoms with E-state index in [1.54, 1.807) is 38.5 Å². The van der Waals surface area contributed by atoms with Crippen molar-refractivity contribution >= 4 is 5.91 Å². The number of amides is 1. The third-order valence-electron chi connectivity index (χ3n) is 3.83. The second-order valence-electron chi connectivity index (χ2n) is 5.36. The molecule has 1 unspecified atom stereocenters. The Hall–Kier alpha value is -2.69. The van der Waals surface area contributed by atoms with Crippen LogP contribution >= 0.6 is 0 Å². The van der Waals surface area contributed by atoms with Gasteiger partial charge in [0, 0.05) is 17.5 Å². The number of carbonyl (C=O) groups is 1. The quantitative estimate of drug-likeness (QED) is 0.921. The third kappa shape index (κ3) is 3.39. The standard InChI is InChI=1S/C18H19NO4/c1-21-14-5-3-4-12(8-14)18(20)19-11-16-10-13-9-15(22-2)6-7-17(13)23-16/h3-9,16H,10-11H2,1-2H3,(H,19,20). The molecule has 1 heterocycles. The van der Waals surface area contributed by atoms with Crippen molar-refractivity contribution in [3.8, 4) is 17.2 Å². The molecule has 0 bridgehead atoms. The summed E-state index contributed by atoms with van der Waals surface area (Å²) in [6.45, 7) is 0.451. The van der Waals surface area contributed by atoms with E-state index in [1.807, 2.05) is 18.2 Å². The molecule has 1 atom stereocenters. The summed E-state index contributed by atoms with van der Waals surface area (Å²) >= 11 is 0. The number of hydrogen-bond acceptors (Lipinski definition) is 4. The lowest BCUT2D eigenvalue weighted by atomic mass is 10.1. The summed E-state index contributed by atoms with van der Waals surface area (Å²) in [6, 6.07) is 12.8. The Kier molecular flexibility index (Phi) is 4.37. The minimum atomic E-state index is -0.138. The van der Waals surface area contributed by atoms with Crippen molar-refractivity contribution in [2.24, 2.45) is 0 Å². The van der Waals surface area contributed by atoms with Gasteiger partial charge in [0.05, 0.1) is 20.8 Å². The van der Waals surface area contributed by atoms with E-state index in [0.29, 0.717) is 17.9 Å². The molecule has 0 radical (unpaired) electrons. The molecular weight excluding hydrogens is 294 g/mol. The van der Waals surface area contributed by atoms with Gasteiger partial charge < -0.3 is 19.5 Å². The molecule has 5 heteroatoms. The number of carbonyl (C=O) groups excluding carboxylic acids is 1. The lowest BCUT2D eigenvalue weighted by Gasteiger charge is -2.12. The number of benzene rings is 2. The summed E-state index contributed by atoms with van der Waals surface area (Å²) in [5, 5.41) is 2.90. The maximum Gasteiger partial charge on any atom is 0.251 e. The maximum atomic E-state index is 12.2. The Bertz CT molecular complexity index is 714. The van der Waals surface area contributed by atoms with Crippen LogP contribution in [0.15, 0.2) is 42.5 Å². The number of rotatable bonds is 5. The maximum absolute atomic E-state index is 12.2. The molecule has 0 saturated carbocycles. The van der Waals surface area contributed by atoms with Crippen LogP contribution in [0.1, 0.15) is 15.9 Å². The van der Waals surface area contributed by atoms with Crippen LogP contribution in [0.3, 0.4) is 0 Å². The van der Waals surface area contributed by atoms with Crippen molar-refractivity contribution in [1.82, 2.24) is 5.32 Å². The van der Waals surface area contributed by atoms with Gasteiger partial charge in [-0.2, -0.15) is 0 Å². The lowest BCUT2D eigenvalue weighted by molar-refractivity contribution is 0.0933. The second kappa shape index (κ2) is 6.60. The fourth-order valence-corrected chi connectivity index (χ4v) is 2.61. The molecule has 5 nitrogen and oxygen atoms in total. The van der Waals surface area contributed by atoms with Gasteiger partial charge in [-0.15, -0.1) is 0 Å². The van der Waals surface area contributed by atoms with Crippen LogP contribution in [0.25, 0.3) is 0 Å². The average Bonchev–Trinajstić information content (AvgIpc) is 3.01. The van der Waals surface area contributed by atoms with Crippen molar-refractivity contribution in [3.63, 3.8) is 0 Å². The highest BCUT2D eigenvalue weighted by molar-refractivity contribution is 5.94. The molecule has 1 amide bonds. The van der Waals surface area contributed by atoms with Gasteiger partial charge in [-0.3, -0.25) is 4.79 Å². The minimum absolute atomic E-state index is 0.0633. The van der Waals surface area contributed by atoms with E-state index in [-0.39, 0.29) is 12.0 Å². The number of hydrogen-bond donors (Lipinski definition) is 1. The summed E-state index contributed by atoms with van der Waals surface area (Å²) in [5.41, 5.74) is 1.67. The Morgan fingerprint density at radius 2 is 1.96 bits per heavy atom. The Morgan fingerprint density at radius 3 is 2.74 bits per heavy atom. The molecule has 2 aromatic carbocycles. The van der Waals surface area contributed by atoms with Gasteiger partial charge in [-0.25, -0.2) is 0 Å². The van der Waals surface area contributed by atoms with Gasteiger partial charge in [-0.05, 0) is 36.4 Å². The van der Waals surface area contributed by atoms with Crippen molar-refractivity contribution in [2.45, 2.75) is 12.5 Å². The summed E-state index contributed by atoms with van der Waals surface area (Å²) in [7, 11) is 3.22. The van der Waals surface area contributed by atoms with E-state index in [4.69, 9.17) is 14.2 Å². The largest absolute Gasteiger partial charge is 0.497 e. The molecule has 2 aromatic rings. The monoisotopic (exact) mass is 313 g/mol. The van der Waals surface area contributed by atoms with Gasteiger partial charge in [0.15, 0.2) is 0 Å². The molecule has 0 saturated heterocycles. The van der Waals surface area contributed by atoms with Crippen LogP contribution < -0.4 is 19.5 Å². The van der Waals surface area contributed by atoms with Gasteiger partial charge >= 0.3 is 0 Å². The molecule has 1 N–H and O–H groups in total. The molecule has 0 spiro atoms. The zero-order valence-electron chi connectivity index (χ0n) is 13.2. The molecule has 0 aromatic heterocycles. The Morgan fingerprint density at radius 1 is 1.17 bits per heavy atom. The minimum Gasteiger partial charge on any atom is -0.497 e. The summed E-state index contributed by atoms with van der Waals surface area (Å²) in [4.78, 5) is 12.2. The van der Waals surface area contributed by atoms with Gasteiger partial charge in [0.2, 0.25) is 0 Å². The van der Waals surface area contributed by atoms with E-state index in [9.17, 15) is 4.79 Å². The Balaban J connectivity index is 1.58. The summed E-state index contributed by atoms with van der Waals surface area (Å²) in [6.07, 6.45) is 0.692. The normalized spacial score (nSPS) is 15.5. The van der Waals surface area contributed by atoms with Crippen LogP contribution in [0.4, 0.5) is 0 Å². The molecule has 23 heavy (non-hydrogen) atoms. The molecular formula is C18H19NO4. The first-order valence-electron chi connectivity index (χ1n) is 7.45. The summed E-state index contributed by atoms with van der Waals surface area (Å²) in [5.74, 6) is 2.19. The van der Waals surface area contributed by atoms with E-state index < -0.39 is 0 Å². The van der Waals surface area contributed by atoms with Crippen molar-refractivity contribution in [1.29, 1.82) is 0 Å². The first kappa shape index (κ1) is 15.2. The van der Waals surface area contributed by atoms with E-state index in [0.717, 1.165) is 23.5 Å². The fourth-order valence-electron chi connectivity index (χ4n) is 2.61. The predicted molar refractivity (Wildman–Crippen MR) is 86.4 cm³/mol. The van der Waals surface area contributed by atoms with Crippen molar-refractivity contribution < 1.29 is 19.0 Å². The molecule has 1 aliphatic heterocycles. The van der Waals surface area contributed by atoms with Crippen LogP contribution in [-0.4, -0.2) is 32.8 Å². The summed E-state index contributed by atoms with van der Waals surface area (Å²) < 4.78 is 16.2. The highest BCUT2D eigenvalue weighted by Crippen LogP contribution is 2.31. The SMILES string of the molecule is COc1cccc(C(=O)NCC2Cc3cc(OC)ccc3O2)c1. The third-order valence-corrected chi connectivity index (χ3v) is 3.83. The molecule has 1 aliphatic rings. The average molecular weight is 313 g/mol. The fraction of sp³-hybridized carbons (Fsp3) is 0.278. The molecule has 0 aliphatic carbocycles. The van der Waals surface area contributed by atoms with Crippen LogP contribution in [0.5, 0.6) is 17.2 Å². The van der Waals surface area contributed by atoms with Gasteiger partial charge in [0.1, 0.15) is 23.4 Å². The van der Waals surface area contributed by atoms with Gasteiger partial charge in [0.25, 0.3) is 5.91 Å². The van der Waals surface area contributed by atoms with E-state index in [2.05, 4.69) is 5.32 Å². The topological polar surface area (TPSA) is 56.8 Å². The van der Waals surface area contributed by atoms with Crippen LogP contribution in [0.2, 0.25) is 0 Å². The van der Waals surface area contributed by atoms with Crippen molar-refractivity contribution in [3.05, 3.63) is 53.6 Å². The number of ether oxygens (including phenoxy) is 3. The van der Waals surface area contributed by atoms with Crippen LogP contribution in [0, 0.1) is 0 Å². The highest BCUT2D eigenvalue weighted by atomic mass is 16.5. The zero-order valence-corrected chi connectivity index (χ0v) is 13.2. The second-order valence-corrected chi connectivity index (χ2v) is 5.36.